The molecule has 0 saturated carbocycles. The largest absolute Gasteiger partial charge is 0.0622 e. The molecule has 0 atom stereocenters. The Morgan fingerprint density at radius 1 is 0.341 bits per heavy atom. The summed E-state index contributed by atoms with van der Waals surface area (Å²) in [6, 6.07) is 54.1. The molecule has 0 amide bonds. The minimum absolute atomic E-state index is 0.121. The van der Waals surface area contributed by atoms with Gasteiger partial charge >= 0.3 is 122 Å². The van der Waals surface area contributed by atoms with Crippen molar-refractivity contribution in [2.75, 3.05) is 0 Å². The van der Waals surface area contributed by atoms with Crippen LogP contribution in [0.4, 0.5) is 0 Å². The van der Waals surface area contributed by atoms with E-state index in [4.69, 9.17) is 0 Å². The van der Waals surface area contributed by atoms with Gasteiger partial charge in [0.2, 0.25) is 0 Å². The maximum absolute atomic E-state index is 10.3. The molecule has 0 fully saturated rings. The van der Waals surface area contributed by atoms with Crippen molar-refractivity contribution in [2.24, 2.45) is 0 Å². The molecule has 0 spiro atoms. The van der Waals surface area contributed by atoms with Crippen molar-refractivity contribution >= 4 is 42.3 Å². The number of allylic oxidation sites excluding steroid dienone is 4. The first-order chi connectivity index (χ1) is 20.2. The third-order valence-corrected chi connectivity index (χ3v) is 13.2. The van der Waals surface area contributed by atoms with Crippen LogP contribution in [0.2, 0.25) is 0 Å². The van der Waals surface area contributed by atoms with E-state index in [1.54, 1.807) is 0 Å². The molecule has 0 heterocycles. The molecule has 5 aromatic carbocycles. The number of hydrogen-bond donors (Lipinski definition) is 0. The summed E-state index contributed by atoms with van der Waals surface area (Å²) in [7, 11) is 0. The molecule has 1 aliphatic carbocycles. The molecule has 202 valence electrons. The molecule has 0 saturated heterocycles. The maximum atomic E-state index is 10.3. The second kappa shape index (κ2) is 16.8. The molecule has 0 unspecified atom stereocenters. The summed E-state index contributed by atoms with van der Waals surface area (Å²) in [5.41, 5.74) is 2.83. The van der Waals surface area contributed by atoms with Crippen molar-refractivity contribution in [1.82, 2.24) is 0 Å². The Morgan fingerprint density at radius 2 is 0.585 bits per heavy atom. The van der Waals surface area contributed by atoms with Gasteiger partial charge in [0.1, 0.15) is 0 Å². The Balaban J connectivity index is 0.000000154. The van der Waals surface area contributed by atoms with Gasteiger partial charge in [-0.15, -0.1) is 0 Å². The number of carbonyl (C=O) groups is 2. The molecule has 5 aromatic rings. The Hall–Kier alpha value is -4.26. The third kappa shape index (κ3) is 10.3. The van der Waals surface area contributed by atoms with Gasteiger partial charge in [0.25, 0.3) is 0 Å². The van der Waals surface area contributed by atoms with E-state index in [-0.39, 0.29) is 11.6 Å². The Morgan fingerprint density at radius 3 is 0.854 bits per heavy atom. The third-order valence-electron chi connectivity index (χ3n) is 6.25. The predicted molar refractivity (Wildman–Crippen MR) is 173 cm³/mol. The quantitative estimate of drug-likeness (QED) is 0.170. The van der Waals surface area contributed by atoms with Crippen molar-refractivity contribution in [3.05, 3.63) is 187 Å². The fraction of sp³-hybridized carbons (Fsp3) is 0.0526. The Bertz CT molecular complexity index is 1360. The van der Waals surface area contributed by atoms with Gasteiger partial charge in [-0.05, 0) is 48.3 Å². The average molecular weight is 643 g/mol. The van der Waals surface area contributed by atoms with Gasteiger partial charge in [-0.3, -0.25) is 9.59 Å². The minimum Gasteiger partial charge on any atom is -0.0622 e. The number of carbonyl (C=O) groups excluding carboxylic acids is 2. The van der Waals surface area contributed by atoms with E-state index in [1.165, 1.54) is 46.0 Å². The number of ketones is 2. The van der Waals surface area contributed by atoms with Crippen LogP contribution in [0.3, 0.4) is 0 Å². The molecule has 0 N–H and O–H groups in total. The minimum atomic E-state index is -1.83. The standard InChI is InChI=1S/C14H14.C6H4O2.3C6H5.Sb/c1-3-7-13(8-4-1)11-12-14-9-5-2-6-10-14;7-5-1-2-6(8)4-3-5;3*1-2-4-6-5-3-1;/h1-10H,11-12H2;1-4H;3*1-5H;. The van der Waals surface area contributed by atoms with E-state index in [9.17, 15) is 9.59 Å². The molecule has 0 aromatic heterocycles. The summed E-state index contributed by atoms with van der Waals surface area (Å²) in [6.07, 6.45) is 7.27. The van der Waals surface area contributed by atoms with Crippen LogP contribution in [0.25, 0.3) is 0 Å². The zero-order valence-electron chi connectivity index (χ0n) is 22.9. The normalized spacial score (nSPS) is 11.7. The molecular formula is C38H33O2Sb. The average Bonchev–Trinajstić information content (AvgIpc) is 3.05. The molecule has 1 aliphatic rings. The summed E-state index contributed by atoms with van der Waals surface area (Å²) < 4.78 is 4.55. The van der Waals surface area contributed by atoms with Gasteiger partial charge in [-0.1, -0.05) is 60.7 Å². The smallest absolute Gasteiger partial charge is 0.0238 e. The summed E-state index contributed by atoms with van der Waals surface area (Å²) in [4.78, 5) is 20.6. The zero-order valence-corrected chi connectivity index (χ0v) is 25.5. The molecule has 41 heavy (non-hydrogen) atoms. The van der Waals surface area contributed by atoms with Gasteiger partial charge in [0, 0.05) is 0 Å². The fourth-order valence-electron chi connectivity index (χ4n) is 4.20. The monoisotopic (exact) mass is 642 g/mol. The van der Waals surface area contributed by atoms with Gasteiger partial charge in [0.05, 0.1) is 0 Å². The van der Waals surface area contributed by atoms with E-state index >= 15 is 0 Å². The summed E-state index contributed by atoms with van der Waals surface area (Å²) in [5, 5.41) is 0. The molecular weight excluding hydrogens is 610 g/mol. The van der Waals surface area contributed by atoms with Crippen molar-refractivity contribution < 1.29 is 9.59 Å². The van der Waals surface area contributed by atoms with Crippen molar-refractivity contribution in [3.63, 3.8) is 0 Å². The molecule has 6 rings (SSSR count). The van der Waals surface area contributed by atoms with Crippen molar-refractivity contribution in [3.8, 4) is 0 Å². The first-order valence-electron chi connectivity index (χ1n) is 13.7. The number of aryl methyl sites for hydroxylation is 2. The summed E-state index contributed by atoms with van der Waals surface area (Å²) in [5.74, 6) is -0.241. The van der Waals surface area contributed by atoms with E-state index < -0.39 is 20.2 Å². The zero-order chi connectivity index (χ0) is 28.5. The molecule has 2 nitrogen and oxygen atoms in total. The van der Waals surface area contributed by atoms with Crippen LogP contribution in [0.5, 0.6) is 0 Å². The van der Waals surface area contributed by atoms with Crippen LogP contribution in [-0.2, 0) is 22.4 Å². The van der Waals surface area contributed by atoms with Crippen LogP contribution in [-0.4, -0.2) is 31.8 Å². The van der Waals surface area contributed by atoms with Crippen LogP contribution in [0.1, 0.15) is 11.1 Å². The van der Waals surface area contributed by atoms with Gasteiger partial charge in [-0.2, -0.15) is 0 Å². The van der Waals surface area contributed by atoms with Crippen LogP contribution >= 0.6 is 0 Å². The number of benzene rings is 5. The van der Waals surface area contributed by atoms with Crippen LogP contribution < -0.4 is 10.5 Å². The molecule has 0 radical (unpaired) electrons. The summed E-state index contributed by atoms with van der Waals surface area (Å²) in [6.45, 7) is 0. The molecule has 0 bridgehead atoms. The topological polar surface area (TPSA) is 34.1 Å². The van der Waals surface area contributed by atoms with Crippen LogP contribution in [0, 0.1) is 0 Å². The van der Waals surface area contributed by atoms with E-state index in [1.807, 2.05) is 0 Å². The van der Waals surface area contributed by atoms with Crippen molar-refractivity contribution in [2.45, 2.75) is 12.8 Å². The number of hydrogen-bond acceptors (Lipinski definition) is 2. The van der Waals surface area contributed by atoms with Crippen LogP contribution in [0.15, 0.2) is 176 Å². The van der Waals surface area contributed by atoms with Gasteiger partial charge in [0.15, 0.2) is 11.6 Å². The first-order valence-corrected chi connectivity index (χ1v) is 17.5. The van der Waals surface area contributed by atoms with E-state index in [0.29, 0.717) is 0 Å². The molecule has 0 aliphatic heterocycles. The first kappa shape index (κ1) is 29.7. The maximum Gasteiger partial charge on any atom is -0.0238 e. The fourth-order valence-corrected chi connectivity index (χ4v) is 10.8. The van der Waals surface area contributed by atoms with E-state index in [0.717, 1.165) is 12.8 Å². The SMILES string of the molecule is O=C1C=CC(=O)C=C1.c1cc[c]([Sb]([c]2ccccc2)[c]2ccccc2)cc1.c1ccc(CCc2ccccc2)cc1. The predicted octanol–water partition coefficient (Wildman–Crippen LogP) is 5.93. The summed E-state index contributed by atoms with van der Waals surface area (Å²) >= 11 is -1.83. The van der Waals surface area contributed by atoms with E-state index in [2.05, 4.69) is 152 Å². The van der Waals surface area contributed by atoms with Gasteiger partial charge in [-0.25, -0.2) is 0 Å². The molecule has 3 heteroatoms. The Kier molecular flexibility index (Phi) is 12.1. The number of rotatable bonds is 6. The van der Waals surface area contributed by atoms with Gasteiger partial charge < -0.3 is 0 Å². The van der Waals surface area contributed by atoms with Crippen molar-refractivity contribution in [1.29, 1.82) is 0 Å². The second-order valence-electron chi connectivity index (χ2n) is 9.28. The Labute approximate surface area is 250 Å². The second-order valence-corrected chi connectivity index (χ2v) is 15.6.